The van der Waals surface area contributed by atoms with Crippen LogP contribution in [0.25, 0.3) is 0 Å². The van der Waals surface area contributed by atoms with Gasteiger partial charge < -0.3 is 9.16 Å². The highest BCUT2D eigenvalue weighted by molar-refractivity contribution is 6.74. The van der Waals surface area contributed by atoms with Gasteiger partial charge in [0.1, 0.15) is 0 Å². The molecule has 47 heavy (non-hydrogen) atoms. The SMILES string of the molecule is C=C1CC[C@H](O[Si](C)(C)C(C)(C)C)C/C1=C/C=C1\C[C@H](CCCCCCCC(=O)OCC)C[C@]2(C)[C@@H]([C@H](C)CCCC(C)C)CC[C@@H]12. The Labute approximate surface area is 293 Å². The number of esters is 1. The van der Waals surface area contributed by atoms with Crippen LogP contribution >= 0.6 is 0 Å². The van der Waals surface area contributed by atoms with Crippen molar-refractivity contribution in [1.82, 2.24) is 0 Å². The molecule has 0 spiro atoms. The normalized spacial score (nSPS) is 29.5. The van der Waals surface area contributed by atoms with E-state index in [0.717, 1.165) is 61.7 Å². The fourth-order valence-electron chi connectivity index (χ4n) is 9.25. The summed E-state index contributed by atoms with van der Waals surface area (Å²) in [5.41, 5.74) is 4.93. The van der Waals surface area contributed by atoms with Gasteiger partial charge in [0.05, 0.1) is 6.61 Å². The first-order valence-corrected chi connectivity index (χ1v) is 22.9. The highest BCUT2D eigenvalue weighted by Gasteiger charge is 2.52. The highest BCUT2D eigenvalue weighted by atomic mass is 28.4. The lowest BCUT2D eigenvalue weighted by Gasteiger charge is -2.47. The van der Waals surface area contributed by atoms with Crippen molar-refractivity contribution in [2.75, 3.05) is 6.61 Å². The molecule has 0 unspecified atom stereocenters. The number of ether oxygens (including phenoxy) is 1. The maximum absolute atomic E-state index is 11.7. The van der Waals surface area contributed by atoms with E-state index >= 15 is 0 Å². The van der Waals surface area contributed by atoms with Crippen LogP contribution in [0.15, 0.2) is 35.5 Å². The van der Waals surface area contributed by atoms with Gasteiger partial charge in [0.2, 0.25) is 0 Å². The van der Waals surface area contributed by atoms with Crippen molar-refractivity contribution < 1.29 is 14.0 Å². The summed E-state index contributed by atoms with van der Waals surface area (Å²) in [5, 5.41) is 0.239. The zero-order chi connectivity index (χ0) is 34.8. The summed E-state index contributed by atoms with van der Waals surface area (Å²) in [7, 11) is -1.80. The molecule has 3 aliphatic carbocycles. The molecule has 0 heterocycles. The first-order chi connectivity index (χ1) is 22.1. The van der Waals surface area contributed by atoms with Crippen molar-refractivity contribution in [1.29, 1.82) is 0 Å². The molecule has 270 valence electrons. The van der Waals surface area contributed by atoms with Crippen molar-refractivity contribution in [3.63, 3.8) is 0 Å². The fraction of sp³-hybridized carbons (Fsp3) is 0.837. The molecule has 3 nitrogen and oxygen atoms in total. The molecule has 3 fully saturated rings. The van der Waals surface area contributed by atoms with E-state index < -0.39 is 8.32 Å². The maximum atomic E-state index is 11.7. The Bertz CT molecular complexity index is 1060. The van der Waals surface area contributed by atoms with Crippen molar-refractivity contribution in [3.05, 3.63) is 35.5 Å². The zero-order valence-corrected chi connectivity index (χ0v) is 33.8. The third-order valence-electron chi connectivity index (χ3n) is 13.0. The summed E-state index contributed by atoms with van der Waals surface area (Å²) in [4.78, 5) is 11.7. The highest BCUT2D eigenvalue weighted by Crippen LogP contribution is 2.61. The molecule has 0 saturated heterocycles. The predicted octanol–water partition coefficient (Wildman–Crippen LogP) is 13.2. The van der Waals surface area contributed by atoms with E-state index in [4.69, 9.17) is 9.16 Å². The van der Waals surface area contributed by atoms with Crippen LogP contribution in [-0.4, -0.2) is 27.0 Å². The third kappa shape index (κ3) is 11.7. The second kappa shape index (κ2) is 18.2. The van der Waals surface area contributed by atoms with E-state index in [1.54, 1.807) is 5.57 Å². The molecule has 4 heteroatoms. The lowest BCUT2D eigenvalue weighted by Crippen LogP contribution is -2.44. The van der Waals surface area contributed by atoms with Crippen LogP contribution in [0.5, 0.6) is 0 Å². The number of rotatable bonds is 17. The lowest BCUT2D eigenvalue weighted by atomic mass is 9.57. The van der Waals surface area contributed by atoms with Gasteiger partial charge in [0, 0.05) is 12.5 Å². The van der Waals surface area contributed by atoms with E-state index in [2.05, 4.69) is 80.3 Å². The van der Waals surface area contributed by atoms with Gasteiger partial charge in [-0.05, 0) is 117 Å². The van der Waals surface area contributed by atoms with Crippen molar-refractivity contribution in [2.24, 2.45) is 35.0 Å². The molecule has 3 aliphatic rings. The van der Waals surface area contributed by atoms with Crippen LogP contribution in [0.2, 0.25) is 18.1 Å². The van der Waals surface area contributed by atoms with Crippen LogP contribution in [0.4, 0.5) is 0 Å². The Kier molecular flexibility index (Phi) is 15.6. The van der Waals surface area contributed by atoms with Crippen LogP contribution in [0, 0.1) is 35.0 Å². The van der Waals surface area contributed by atoms with Gasteiger partial charge in [0.25, 0.3) is 0 Å². The maximum Gasteiger partial charge on any atom is 0.305 e. The van der Waals surface area contributed by atoms with Crippen molar-refractivity contribution >= 4 is 14.3 Å². The molecule has 0 bridgehead atoms. The quantitative estimate of drug-likeness (QED) is 0.0879. The summed E-state index contributed by atoms with van der Waals surface area (Å²) < 4.78 is 12.0. The Hall–Kier alpha value is -1.13. The zero-order valence-electron chi connectivity index (χ0n) is 32.8. The summed E-state index contributed by atoms with van der Waals surface area (Å²) >= 11 is 0. The van der Waals surface area contributed by atoms with Crippen LogP contribution < -0.4 is 0 Å². The molecule has 0 aromatic heterocycles. The molecule has 3 rings (SSSR count). The monoisotopic (exact) mass is 669 g/mol. The molecule has 3 saturated carbocycles. The standard InChI is InChI=1S/C43H76O3Si/c1-12-45-41(44)22-17-15-13-14-16-21-35-29-37(40-28-27-39(43(40,9)31-35)34(5)20-18-19-32(2)3)25-24-36-30-38(26-23-33(36)4)46-47(10,11)42(6,7)8/h24-25,32,34-35,38-40H,4,12-23,26-31H2,1-3,5-11H3/b36-24-,37-25+/t34-,35+,38+,39-,40+,43-/m1/s1. The van der Waals surface area contributed by atoms with E-state index in [0.29, 0.717) is 24.5 Å². The molecule has 0 aromatic rings. The molecule has 0 radical (unpaired) electrons. The van der Waals surface area contributed by atoms with E-state index in [-0.39, 0.29) is 11.0 Å². The number of carbonyl (C=O) groups excluding carboxylic acids is 1. The predicted molar refractivity (Wildman–Crippen MR) is 205 cm³/mol. The second-order valence-electron chi connectivity index (χ2n) is 18.2. The van der Waals surface area contributed by atoms with E-state index in [1.807, 2.05) is 6.92 Å². The number of hydrogen-bond acceptors (Lipinski definition) is 3. The molecule has 0 aliphatic heterocycles. The molecule has 0 aromatic carbocycles. The molecular weight excluding hydrogens is 593 g/mol. The smallest absolute Gasteiger partial charge is 0.305 e. The first kappa shape index (κ1) is 40.3. The van der Waals surface area contributed by atoms with Crippen LogP contribution in [0.1, 0.15) is 165 Å². The van der Waals surface area contributed by atoms with Gasteiger partial charge in [-0.2, -0.15) is 0 Å². The minimum Gasteiger partial charge on any atom is -0.466 e. The minimum atomic E-state index is -1.80. The number of unbranched alkanes of at least 4 members (excludes halogenated alkanes) is 4. The van der Waals surface area contributed by atoms with E-state index in [9.17, 15) is 4.79 Å². The summed E-state index contributed by atoms with van der Waals surface area (Å²) in [6, 6.07) is 0. The van der Waals surface area contributed by atoms with E-state index in [1.165, 1.54) is 81.8 Å². The van der Waals surface area contributed by atoms with Gasteiger partial charge >= 0.3 is 5.97 Å². The van der Waals surface area contributed by atoms with Crippen molar-refractivity contribution in [3.8, 4) is 0 Å². The summed E-state index contributed by atoms with van der Waals surface area (Å²) in [6.07, 6.45) is 26.1. The number of allylic oxidation sites excluding steroid dienone is 4. The summed E-state index contributed by atoms with van der Waals surface area (Å²) in [5.74, 6) is 3.94. The lowest BCUT2D eigenvalue weighted by molar-refractivity contribution is -0.143. The number of hydrogen-bond donors (Lipinski definition) is 0. The molecule has 0 N–H and O–H groups in total. The Morgan fingerprint density at radius 2 is 1.68 bits per heavy atom. The molecular formula is C43H76O3Si. The minimum absolute atomic E-state index is 0.0354. The average Bonchev–Trinajstić information content (AvgIpc) is 3.33. The summed E-state index contributed by atoms with van der Waals surface area (Å²) in [6.45, 7) is 28.8. The Morgan fingerprint density at radius 1 is 0.979 bits per heavy atom. The fourth-order valence-corrected chi connectivity index (χ4v) is 10.6. The van der Waals surface area contributed by atoms with Gasteiger partial charge in [-0.25, -0.2) is 0 Å². The van der Waals surface area contributed by atoms with Crippen molar-refractivity contribution in [2.45, 2.75) is 189 Å². The molecule has 0 amide bonds. The number of fused-ring (bicyclic) bond motifs is 1. The van der Waals surface area contributed by atoms with Gasteiger partial charge in [-0.3, -0.25) is 4.79 Å². The van der Waals surface area contributed by atoms with Crippen LogP contribution in [-0.2, 0) is 14.0 Å². The third-order valence-corrected chi connectivity index (χ3v) is 17.5. The molecule has 6 atom stereocenters. The largest absolute Gasteiger partial charge is 0.466 e. The first-order valence-electron chi connectivity index (χ1n) is 20.0. The topological polar surface area (TPSA) is 35.5 Å². The number of carbonyl (C=O) groups is 1. The van der Waals surface area contributed by atoms with Gasteiger partial charge in [-0.1, -0.05) is 130 Å². The Morgan fingerprint density at radius 3 is 2.36 bits per heavy atom. The van der Waals surface area contributed by atoms with Gasteiger partial charge in [-0.15, -0.1) is 0 Å². The second-order valence-corrected chi connectivity index (χ2v) is 23.0. The average molecular weight is 669 g/mol. The van der Waals surface area contributed by atoms with Crippen LogP contribution in [0.3, 0.4) is 0 Å². The Balaban J connectivity index is 1.72. The van der Waals surface area contributed by atoms with Gasteiger partial charge in [0.15, 0.2) is 8.32 Å².